The minimum Gasteiger partial charge on any atom is -0.345 e. The first-order valence-electron chi connectivity index (χ1n) is 13.0. The lowest BCUT2D eigenvalue weighted by molar-refractivity contribution is -0.145. The Morgan fingerprint density at radius 3 is 2.34 bits per heavy atom. The summed E-state index contributed by atoms with van der Waals surface area (Å²) in [6.07, 6.45) is 8.04. The van der Waals surface area contributed by atoms with Crippen molar-refractivity contribution in [3.8, 4) is 0 Å². The van der Waals surface area contributed by atoms with Crippen molar-refractivity contribution < 1.29 is 9.59 Å². The molecule has 0 N–H and O–H groups in total. The molecule has 0 bridgehead atoms. The number of aromatic nitrogens is 1. The Balaban J connectivity index is 1.81. The largest absolute Gasteiger partial charge is 0.345 e. The van der Waals surface area contributed by atoms with Gasteiger partial charge in [0.25, 0.3) is 0 Å². The van der Waals surface area contributed by atoms with E-state index in [4.69, 9.17) is 11.6 Å². The highest BCUT2D eigenvalue weighted by Crippen LogP contribution is 2.26. The van der Waals surface area contributed by atoms with Crippen LogP contribution < -0.4 is 0 Å². The van der Waals surface area contributed by atoms with Crippen LogP contribution in [0.4, 0.5) is 0 Å². The van der Waals surface area contributed by atoms with Gasteiger partial charge < -0.3 is 14.4 Å². The van der Waals surface area contributed by atoms with E-state index in [1.165, 1.54) is 6.42 Å². The standard InChI is InChI=1S/C29H42ClN3O2/c1-22(2)32(27(34)18-29(3,4)5)21-28(35)33(24-13-7-6-8-14-24)20-25-15-11-17-31(25)19-23-12-9-10-16-26(23)30/h9-12,15-17,22,24H,6-8,13-14,18-21H2,1-5H3. The van der Waals surface area contributed by atoms with Crippen LogP contribution in [0.25, 0.3) is 0 Å². The first kappa shape index (κ1) is 27.3. The van der Waals surface area contributed by atoms with Gasteiger partial charge in [0.1, 0.15) is 0 Å². The normalized spacial score (nSPS) is 14.8. The number of benzene rings is 1. The van der Waals surface area contributed by atoms with Crippen LogP contribution in [-0.4, -0.2) is 44.8 Å². The van der Waals surface area contributed by atoms with Crippen molar-refractivity contribution in [3.63, 3.8) is 0 Å². The van der Waals surface area contributed by atoms with Crippen LogP contribution in [0.1, 0.15) is 84.4 Å². The average molecular weight is 500 g/mol. The maximum absolute atomic E-state index is 13.8. The maximum Gasteiger partial charge on any atom is 0.242 e. The van der Waals surface area contributed by atoms with Crippen molar-refractivity contribution in [2.75, 3.05) is 6.54 Å². The third-order valence-electron chi connectivity index (χ3n) is 6.82. The third kappa shape index (κ3) is 7.86. The molecule has 1 aromatic heterocycles. The van der Waals surface area contributed by atoms with Gasteiger partial charge in [-0.2, -0.15) is 0 Å². The maximum atomic E-state index is 13.8. The van der Waals surface area contributed by atoms with E-state index in [1.807, 2.05) is 49.1 Å². The molecule has 5 nitrogen and oxygen atoms in total. The highest BCUT2D eigenvalue weighted by Gasteiger charge is 2.30. The molecule has 2 aromatic rings. The monoisotopic (exact) mass is 499 g/mol. The molecule has 2 amide bonds. The predicted molar refractivity (Wildman–Crippen MR) is 143 cm³/mol. The Bertz CT molecular complexity index is 986. The van der Waals surface area contributed by atoms with Gasteiger partial charge in [-0.25, -0.2) is 0 Å². The van der Waals surface area contributed by atoms with Gasteiger partial charge in [-0.15, -0.1) is 0 Å². The molecule has 1 saturated carbocycles. The van der Waals surface area contributed by atoms with E-state index < -0.39 is 0 Å². The van der Waals surface area contributed by atoms with E-state index in [0.29, 0.717) is 19.5 Å². The lowest BCUT2D eigenvalue weighted by Gasteiger charge is -2.37. The molecule has 0 unspecified atom stereocenters. The Kier molecular flexibility index (Phi) is 9.46. The molecule has 1 aliphatic carbocycles. The first-order valence-corrected chi connectivity index (χ1v) is 13.4. The molecule has 0 radical (unpaired) electrons. The van der Waals surface area contributed by atoms with Crippen LogP contribution in [-0.2, 0) is 22.7 Å². The van der Waals surface area contributed by atoms with E-state index in [2.05, 4.69) is 37.6 Å². The van der Waals surface area contributed by atoms with Gasteiger partial charge in [0.2, 0.25) is 11.8 Å². The molecule has 0 atom stereocenters. The Morgan fingerprint density at radius 2 is 1.71 bits per heavy atom. The second kappa shape index (κ2) is 12.1. The number of carbonyl (C=O) groups is 2. The Labute approximate surface area is 216 Å². The molecule has 1 aliphatic rings. The van der Waals surface area contributed by atoms with E-state index in [-0.39, 0.29) is 35.9 Å². The summed E-state index contributed by atoms with van der Waals surface area (Å²) >= 11 is 6.42. The van der Waals surface area contributed by atoms with Gasteiger partial charge in [-0.05, 0) is 55.9 Å². The number of nitrogens with zero attached hydrogens (tertiary/aromatic N) is 3. The fourth-order valence-electron chi connectivity index (χ4n) is 4.90. The van der Waals surface area contributed by atoms with Crippen molar-refractivity contribution in [1.29, 1.82) is 0 Å². The lowest BCUT2D eigenvalue weighted by Crippen LogP contribution is -2.49. The Morgan fingerprint density at radius 1 is 1.03 bits per heavy atom. The molecule has 3 rings (SSSR count). The summed E-state index contributed by atoms with van der Waals surface area (Å²) in [5.41, 5.74) is 2.03. The summed E-state index contributed by atoms with van der Waals surface area (Å²) in [7, 11) is 0. The van der Waals surface area contributed by atoms with Crippen LogP contribution >= 0.6 is 11.6 Å². The van der Waals surface area contributed by atoms with Crippen molar-refractivity contribution in [2.24, 2.45) is 5.41 Å². The van der Waals surface area contributed by atoms with Crippen molar-refractivity contribution >= 4 is 23.4 Å². The zero-order valence-electron chi connectivity index (χ0n) is 22.1. The van der Waals surface area contributed by atoms with E-state index in [1.54, 1.807) is 4.90 Å². The fourth-order valence-corrected chi connectivity index (χ4v) is 5.09. The summed E-state index contributed by atoms with van der Waals surface area (Å²) in [4.78, 5) is 30.7. The van der Waals surface area contributed by atoms with Gasteiger partial charge in [0.15, 0.2) is 0 Å². The molecule has 1 heterocycles. The lowest BCUT2D eigenvalue weighted by atomic mass is 9.91. The molecule has 192 valence electrons. The summed E-state index contributed by atoms with van der Waals surface area (Å²) in [6.45, 7) is 11.5. The number of hydrogen-bond donors (Lipinski definition) is 0. The molecular weight excluding hydrogens is 458 g/mol. The number of hydrogen-bond acceptors (Lipinski definition) is 2. The van der Waals surface area contributed by atoms with Crippen LogP contribution in [0, 0.1) is 5.41 Å². The molecule has 0 spiro atoms. The van der Waals surface area contributed by atoms with Gasteiger partial charge >= 0.3 is 0 Å². The number of halogens is 1. The number of carbonyl (C=O) groups excluding carboxylic acids is 2. The van der Waals surface area contributed by atoms with Crippen molar-refractivity contribution in [1.82, 2.24) is 14.4 Å². The zero-order chi connectivity index (χ0) is 25.6. The first-order chi connectivity index (χ1) is 16.5. The molecule has 6 heteroatoms. The molecular formula is C29H42ClN3O2. The minimum absolute atomic E-state index is 0.0221. The van der Waals surface area contributed by atoms with E-state index >= 15 is 0 Å². The SMILES string of the molecule is CC(C)N(CC(=O)N(Cc1cccn1Cc1ccccc1Cl)C1CCCCC1)C(=O)CC(C)(C)C. The number of amides is 2. The summed E-state index contributed by atoms with van der Waals surface area (Å²) in [6, 6.07) is 12.2. The van der Waals surface area contributed by atoms with Gasteiger partial charge in [-0.3, -0.25) is 9.59 Å². The molecule has 0 saturated heterocycles. The molecule has 1 fully saturated rings. The topological polar surface area (TPSA) is 45.6 Å². The molecule has 1 aromatic carbocycles. The average Bonchev–Trinajstić information content (AvgIpc) is 3.23. The summed E-state index contributed by atoms with van der Waals surface area (Å²) in [5.74, 6) is 0.0879. The number of rotatable bonds is 9. The highest BCUT2D eigenvalue weighted by atomic mass is 35.5. The summed E-state index contributed by atoms with van der Waals surface area (Å²) < 4.78 is 2.18. The second-order valence-electron chi connectivity index (χ2n) is 11.4. The van der Waals surface area contributed by atoms with Crippen LogP contribution in [0.3, 0.4) is 0 Å². The Hall–Kier alpha value is -2.27. The summed E-state index contributed by atoms with van der Waals surface area (Å²) in [5, 5.41) is 0.747. The third-order valence-corrected chi connectivity index (χ3v) is 7.19. The van der Waals surface area contributed by atoms with Crippen LogP contribution in [0.2, 0.25) is 5.02 Å². The predicted octanol–water partition coefficient (Wildman–Crippen LogP) is 6.52. The minimum atomic E-state index is -0.115. The molecule has 35 heavy (non-hydrogen) atoms. The van der Waals surface area contributed by atoms with E-state index in [0.717, 1.165) is 42.0 Å². The van der Waals surface area contributed by atoms with Crippen LogP contribution in [0.5, 0.6) is 0 Å². The fraction of sp³-hybridized carbons (Fsp3) is 0.586. The van der Waals surface area contributed by atoms with Gasteiger partial charge in [0, 0.05) is 42.0 Å². The van der Waals surface area contributed by atoms with E-state index in [9.17, 15) is 9.59 Å². The second-order valence-corrected chi connectivity index (χ2v) is 11.8. The smallest absolute Gasteiger partial charge is 0.242 e. The van der Waals surface area contributed by atoms with Crippen LogP contribution in [0.15, 0.2) is 42.6 Å². The highest BCUT2D eigenvalue weighted by molar-refractivity contribution is 6.31. The van der Waals surface area contributed by atoms with Gasteiger partial charge in [0.05, 0.1) is 13.1 Å². The zero-order valence-corrected chi connectivity index (χ0v) is 22.9. The van der Waals surface area contributed by atoms with Crippen molar-refractivity contribution in [3.05, 3.63) is 58.9 Å². The quantitative estimate of drug-likeness (QED) is 0.394. The van der Waals surface area contributed by atoms with Crippen molar-refractivity contribution in [2.45, 2.75) is 98.3 Å². The van der Waals surface area contributed by atoms with Gasteiger partial charge in [-0.1, -0.05) is 69.8 Å². The molecule has 0 aliphatic heterocycles.